The first-order chi connectivity index (χ1) is 3.73. The maximum absolute atomic E-state index is 12.2. The Hall–Kier alpha value is -0.140. The van der Waals surface area contributed by atoms with E-state index in [0.29, 0.717) is 0 Å². The van der Waals surface area contributed by atoms with Crippen LogP contribution >= 0.6 is 0 Å². The number of hydrogen-bond acceptors (Lipinski definition) is 0. The van der Waals surface area contributed by atoms with E-state index in [1.54, 1.807) is 0 Å². The molecule has 2 saturated carbocycles. The molecule has 0 amide bonds. The van der Waals surface area contributed by atoms with Crippen molar-refractivity contribution in [1.82, 2.24) is 0 Å². The fourth-order valence-corrected chi connectivity index (χ4v) is 1.81. The molecule has 0 heterocycles. The maximum atomic E-state index is 12.2. The van der Waals surface area contributed by atoms with Crippen LogP contribution in [0.15, 0.2) is 0 Å². The average Bonchev–Trinajstić information content (AvgIpc) is 2.22. The number of rotatable bonds is 0. The van der Waals surface area contributed by atoms with Gasteiger partial charge in [-0.1, -0.05) is 6.42 Å². The topological polar surface area (TPSA) is 0 Å². The van der Waals surface area contributed by atoms with Gasteiger partial charge in [-0.15, -0.1) is 0 Å². The summed E-state index contributed by atoms with van der Waals surface area (Å²) in [6, 6.07) is 0. The molecule has 0 aromatic rings. The number of fused-ring (bicyclic) bond motifs is 1. The van der Waals surface area contributed by atoms with Crippen molar-refractivity contribution in [3.05, 3.63) is 0 Å². The van der Waals surface area contributed by atoms with Gasteiger partial charge in [-0.25, -0.2) is 8.78 Å². The summed E-state index contributed by atoms with van der Waals surface area (Å²) in [5, 5.41) is 0. The molecule has 2 unspecified atom stereocenters. The summed E-state index contributed by atoms with van der Waals surface area (Å²) in [7, 11) is 0. The second-order valence-corrected chi connectivity index (χ2v) is 2.82. The molecule has 0 aliphatic heterocycles. The third kappa shape index (κ3) is 0.351. The molecule has 0 aromatic carbocycles. The van der Waals surface area contributed by atoms with Gasteiger partial charge in [0.1, 0.15) is 0 Å². The van der Waals surface area contributed by atoms with Crippen molar-refractivity contribution >= 4 is 0 Å². The van der Waals surface area contributed by atoms with E-state index in [1.807, 2.05) is 0 Å². The minimum Gasteiger partial charge on any atom is -0.206 e. The Labute approximate surface area is 46.9 Å². The molecule has 2 rings (SSSR count). The normalized spacial score (nSPS) is 48.8. The fraction of sp³-hybridized carbons (Fsp3) is 1.00. The lowest BCUT2D eigenvalue weighted by Gasteiger charge is -1.96. The Balaban J connectivity index is 2.13. The molecule has 0 nitrogen and oxygen atoms in total. The van der Waals surface area contributed by atoms with E-state index in [1.165, 1.54) is 0 Å². The molecule has 2 heteroatoms. The van der Waals surface area contributed by atoms with E-state index in [-0.39, 0.29) is 11.8 Å². The average molecular weight is 118 g/mol. The molecular weight excluding hydrogens is 110 g/mol. The first-order valence-corrected chi connectivity index (χ1v) is 3.11. The fourth-order valence-electron chi connectivity index (χ4n) is 1.81. The molecular formula is C6H8F2. The van der Waals surface area contributed by atoms with Crippen LogP contribution in [0.5, 0.6) is 0 Å². The highest BCUT2D eigenvalue weighted by Gasteiger charge is 2.69. The molecule has 2 atom stereocenters. The van der Waals surface area contributed by atoms with Crippen LogP contribution in [0.2, 0.25) is 0 Å². The van der Waals surface area contributed by atoms with Gasteiger partial charge in [0, 0.05) is 11.8 Å². The summed E-state index contributed by atoms with van der Waals surface area (Å²) in [5.41, 5.74) is 0. The minimum atomic E-state index is -2.24. The second-order valence-electron chi connectivity index (χ2n) is 2.82. The largest absolute Gasteiger partial charge is 0.254 e. The number of hydrogen-bond donors (Lipinski definition) is 0. The first-order valence-electron chi connectivity index (χ1n) is 3.11. The van der Waals surface area contributed by atoms with Crippen LogP contribution in [0.25, 0.3) is 0 Å². The Morgan fingerprint density at radius 2 is 1.62 bits per heavy atom. The molecule has 0 aromatic heterocycles. The van der Waals surface area contributed by atoms with Gasteiger partial charge in [-0.05, 0) is 12.8 Å². The SMILES string of the molecule is FC1(F)C2CCCC21. The molecule has 0 spiro atoms. The Morgan fingerprint density at radius 1 is 1.12 bits per heavy atom. The first kappa shape index (κ1) is 4.71. The number of alkyl halides is 2. The smallest absolute Gasteiger partial charge is 0.206 e. The van der Waals surface area contributed by atoms with E-state index >= 15 is 0 Å². The van der Waals surface area contributed by atoms with Gasteiger partial charge in [-0.3, -0.25) is 0 Å². The van der Waals surface area contributed by atoms with Crippen molar-refractivity contribution < 1.29 is 8.78 Å². The molecule has 0 bridgehead atoms. The predicted molar refractivity (Wildman–Crippen MR) is 25.8 cm³/mol. The van der Waals surface area contributed by atoms with Crippen molar-refractivity contribution in [1.29, 1.82) is 0 Å². The molecule has 0 saturated heterocycles. The van der Waals surface area contributed by atoms with Crippen molar-refractivity contribution in [2.24, 2.45) is 11.8 Å². The summed E-state index contributed by atoms with van der Waals surface area (Å²) in [5.74, 6) is -2.65. The van der Waals surface area contributed by atoms with Crippen LogP contribution < -0.4 is 0 Å². The predicted octanol–water partition coefficient (Wildman–Crippen LogP) is 2.05. The quantitative estimate of drug-likeness (QED) is 0.456. The molecule has 2 fully saturated rings. The summed E-state index contributed by atoms with van der Waals surface area (Å²) < 4.78 is 24.5. The van der Waals surface area contributed by atoms with Gasteiger partial charge in [0.15, 0.2) is 0 Å². The van der Waals surface area contributed by atoms with Gasteiger partial charge in [-0.2, -0.15) is 0 Å². The van der Waals surface area contributed by atoms with Gasteiger partial charge in [0.05, 0.1) is 0 Å². The van der Waals surface area contributed by atoms with Crippen LogP contribution in [0.3, 0.4) is 0 Å². The highest BCUT2D eigenvalue weighted by molar-refractivity contribution is 5.08. The summed E-state index contributed by atoms with van der Waals surface area (Å²) in [6.07, 6.45) is 2.58. The zero-order valence-corrected chi connectivity index (χ0v) is 4.53. The minimum absolute atomic E-state index is 0.206. The maximum Gasteiger partial charge on any atom is 0.254 e. The summed E-state index contributed by atoms with van der Waals surface area (Å²) in [4.78, 5) is 0. The highest BCUT2D eigenvalue weighted by atomic mass is 19.3. The van der Waals surface area contributed by atoms with Gasteiger partial charge < -0.3 is 0 Å². The Kier molecular flexibility index (Phi) is 0.628. The van der Waals surface area contributed by atoms with Crippen molar-refractivity contribution in [3.8, 4) is 0 Å². The van der Waals surface area contributed by atoms with E-state index < -0.39 is 5.92 Å². The van der Waals surface area contributed by atoms with E-state index in [0.717, 1.165) is 19.3 Å². The molecule has 46 valence electrons. The third-order valence-corrected chi connectivity index (χ3v) is 2.40. The van der Waals surface area contributed by atoms with Crippen LogP contribution in [0.1, 0.15) is 19.3 Å². The summed E-state index contributed by atoms with van der Waals surface area (Å²) in [6.45, 7) is 0. The monoisotopic (exact) mass is 118 g/mol. The van der Waals surface area contributed by atoms with Crippen molar-refractivity contribution in [3.63, 3.8) is 0 Å². The second kappa shape index (κ2) is 1.07. The number of halogens is 2. The van der Waals surface area contributed by atoms with Crippen LogP contribution in [-0.4, -0.2) is 5.92 Å². The van der Waals surface area contributed by atoms with Crippen molar-refractivity contribution in [2.75, 3.05) is 0 Å². The Morgan fingerprint density at radius 3 is 1.88 bits per heavy atom. The molecule has 0 radical (unpaired) electrons. The van der Waals surface area contributed by atoms with E-state index in [4.69, 9.17) is 0 Å². The lowest BCUT2D eigenvalue weighted by atomic mass is 10.2. The van der Waals surface area contributed by atoms with E-state index in [2.05, 4.69) is 0 Å². The van der Waals surface area contributed by atoms with Crippen LogP contribution in [0.4, 0.5) is 8.78 Å². The zero-order valence-electron chi connectivity index (χ0n) is 4.53. The third-order valence-electron chi connectivity index (χ3n) is 2.40. The van der Waals surface area contributed by atoms with Crippen LogP contribution in [-0.2, 0) is 0 Å². The van der Waals surface area contributed by atoms with Gasteiger partial charge in [0.25, 0.3) is 5.92 Å². The molecule has 8 heavy (non-hydrogen) atoms. The summed E-state index contributed by atoms with van der Waals surface area (Å²) >= 11 is 0. The van der Waals surface area contributed by atoms with Crippen molar-refractivity contribution in [2.45, 2.75) is 25.2 Å². The Bertz CT molecular complexity index is 108. The lowest BCUT2D eigenvalue weighted by molar-refractivity contribution is 0.0728. The zero-order chi connectivity index (χ0) is 5.78. The molecule has 2 aliphatic carbocycles. The standard InChI is InChI=1S/C6H8F2/c7-6(8)4-2-1-3-5(4)6/h4-5H,1-3H2. The van der Waals surface area contributed by atoms with E-state index in [9.17, 15) is 8.78 Å². The lowest BCUT2D eigenvalue weighted by Crippen LogP contribution is -1.98. The van der Waals surface area contributed by atoms with Gasteiger partial charge in [0.2, 0.25) is 0 Å². The molecule has 2 aliphatic rings. The van der Waals surface area contributed by atoms with Crippen LogP contribution in [0, 0.1) is 11.8 Å². The molecule has 0 N–H and O–H groups in total. The van der Waals surface area contributed by atoms with Gasteiger partial charge >= 0.3 is 0 Å². The highest BCUT2D eigenvalue weighted by Crippen LogP contribution is 2.63.